The summed E-state index contributed by atoms with van der Waals surface area (Å²) in [5.41, 5.74) is 14.2. The SMILES string of the molecule is Nc1ccc(/C=C/C(=O)CC(=O)/C=C/c2ccc(N)cc2)cc1. The van der Waals surface area contributed by atoms with Gasteiger partial charge in [0.2, 0.25) is 0 Å². The molecule has 0 spiro atoms. The molecule has 0 aromatic heterocycles. The first-order valence-electron chi connectivity index (χ1n) is 7.16. The highest BCUT2D eigenvalue weighted by Crippen LogP contribution is 2.09. The Morgan fingerprint density at radius 2 is 1.04 bits per heavy atom. The van der Waals surface area contributed by atoms with E-state index in [-0.39, 0.29) is 18.0 Å². The van der Waals surface area contributed by atoms with Gasteiger partial charge >= 0.3 is 0 Å². The summed E-state index contributed by atoms with van der Waals surface area (Å²) in [6, 6.07) is 14.2. The van der Waals surface area contributed by atoms with E-state index < -0.39 is 0 Å². The Morgan fingerprint density at radius 3 is 1.39 bits per heavy atom. The van der Waals surface area contributed by atoms with E-state index in [1.807, 2.05) is 24.3 Å². The third-order valence-electron chi connectivity index (χ3n) is 3.14. The molecule has 2 aromatic rings. The Morgan fingerprint density at radius 1 is 0.696 bits per heavy atom. The molecule has 2 rings (SSSR count). The topological polar surface area (TPSA) is 86.2 Å². The average molecular weight is 306 g/mol. The van der Waals surface area contributed by atoms with Gasteiger partial charge in [0.05, 0.1) is 6.42 Å². The minimum Gasteiger partial charge on any atom is -0.399 e. The van der Waals surface area contributed by atoms with Crippen molar-refractivity contribution >= 4 is 35.1 Å². The zero-order chi connectivity index (χ0) is 16.7. The van der Waals surface area contributed by atoms with E-state index in [1.54, 1.807) is 36.4 Å². The molecule has 2 aromatic carbocycles. The first-order valence-corrected chi connectivity index (χ1v) is 7.16. The van der Waals surface area contributed by atoms with Crippen molar-refractivity contribution in [3.05, 3.63) is 71.8 Å². The summed E-state index contributed by atoms with van der Waals surface area (Å²) in [7, 11) is 0. The first kappa shape index (κ1) is 16.2. The number of carbonyl (C=O) groups excluding carboxylic acids is 2. The summed E-state index contributed by atoms with van der Waals surface area (Å²) in [4.78, 5) is 23.5. The lowest BCUT2D eigenvalue weighted by atomic mass is 10.1. The zero-order valence-electron chi connectivity index (χ0n) is 12.6. The highest BCUT2D eigenvalue weighted by atomic mass is 16.1. The van der Waals surface area contributed by atoms with Crippen LogP contribution in [-0.2, 0) is 9.59 Å². The second kappa shape index (κ2) is 7.75. The summed E-state index contributed by atoms with van der Waals surface area (Å²) < 4.78 is 0. The van der Waals surface area contributed by atoms with E-state index in [0.717, 1.165) is 11.1 Å². The number of hydrogen-bond donors (Lipinski definition) is 2. The Hall–Kier alpha value is -3.14. The Kier molecular flexibility index (Phi) is 5.47. The molecule has 0 bridgehead atoms. The molecule has 23 heavy (non-hydrogen) atoms. The van der Waals surface area contributed by atoms with E-state index in [9.17, 15) is 9.59 Å². The van der Waals surface area contributed by atoms with E-state index in [4.69, 9.17) is 11.5 Å². The highest BCUT2D eigenvalue weighted by molar-refractivity contribution is 6.10. The largest absolute Gasteiger partial charge is 0.399 e. The fraction of sp³-hybridized carbons (Fsp3) is 0.0526. The van der Waals surface area contributed by atoms with Crippen molar-refractivity contribution in [2.45, 2.75) is 6.42 Å². The molecule has 0 fully saturated rings. The molecule has 116 valence electrons. The van der Waals surface area contributed by atoms with Gasteiger partial charge in [-0.3, -0.25) is 9.59 Å². The fourth-order valence-corrected chi connectivity index (χ4v) is 1.88. The van der Waals surface area contributed by atoms with Crippen molar-refractivity contribution in [1.29, 1.82) is 0 Å². The molecule has 0 atom stereocenters. The Balaban J connectivity index is 1.88. The van der Waals surface area contributed by atoms with Crippen LogP contribution in [0.2, 0.25) is 0 Å². The number of nitrogen functional groups attached to an aromatic ring is 2. The number of allylic oxidation sites excluding steroid dienone is 2. The van der Waals surface area contributed by atoms with Crippen LogP contribution < -0.4 is 11.5 Å². The predicted octanol–water partition coefficient (Wildman–Crippen LogP) is 3.11. The van der Waals surface area contributed by atoms with Crippen molar-refractivity contribution in [2.75, 3.05) is 11.5 Å². The first-order chi connectivity index (χ1) is 11.0. The van der Waals surface area contributed by atoms with Gasteiger partial charge in [0.15, 0.2) is 11.6 Å². The molecule has 0 radical (unpaired) electrons. The maximum absolute atomic E-state index is 11.8. The Labute approximate surface area is 135 Å². The van der Waals surface area contributed by atoms with Crippen molar-refractivity contribution in [3.63, 3.8) is 0 Å². The van der Waals surface area contributed by atoms with Gasteiger partial charge < -0.3 is 11.5 Å². The number of rotatable bonds is 6. The van der Waals surface area contributed by atoms with Crippen molar-refractivity contribution < 1.29 is 9.59 Å². The van der Waals surface area contributed by atoms with Gasteiger partial charge in [-0.1, -0.05) is 36.4 Å². The van der Waals surface area contributed by atoms with Crippen LogP contribution in [0.1, 0.15) is 17.5 Å². The van der Waals surface area contributed by atoms with E-state index >= 15 is 0 Å². The van der Waals surface area contributed by atoms with Gasteiger partial charge in [-0.15, -0.1) is 0 Å². The van der Waals surface area contributed by atoms with Gasteiger partial charge in [-0.2, -0.15) is 0 Å². The quantitative estimate of drug-likeness (QED) is 0.488. The summed E-state index contributed by atoms with van der Waals surface area (Å²) in [5, 5.41) is 0. The predicted molar refractivity (Wildman–Crippen MR) is 94.4 cm³/mol. The van der Waals surface area contributed by atoms with Gasteiger partial charge in [0.1, 0.15) is 0 Å². The molecule has 0 saturated carbocycles. The monoisotopic (exact) mass is 306 g/mol. The molecule has 4 nitrogen and oxygen atoms in total. The molecular weight excluding hydrogens is 288 g/mol. The van der Waals surface area contributed by atoms with Crippen LogP contribution in [0.15, 0.2) is 60.7 Å². The summed E-state index contributed by atoms with van der Waals surface area (Å²) in [6.45, 7) is 0. The van der Waals surface area contributed by atoms with Crippen molar-refractivity contribution in [1.82, 2.24) is 0 Å². The standard InChI is InChI=1S/C19H18N2O2/c20-16-7-1-14(2-8-16)5-11-18(22)13-19(23)12-6-15-3-9-17(21)10-4-15/h1-12H,13,20-21H2/b11-5+,12-6+. The lowest BCUT2D eigenvalue weighted by Gasteiger charge is -1.96. The van der Waals surface area contributed by atoms with Crippen LogP contribution in [0.3, 0.4) is 0 Å². The highest BCUT2D eigenvalue weighted by Gasteiger charge is 2.03. The maximum Gasteiger partial charge on any atom is 0.163 e. The van der Waals surface area contributed by atoms with Crippen LogP contribution in [0.5, 0.6) is 0 Å². The van der Waals surface area contributed by atoms with Crippen LogP contribution in [0.25, 0.3) is 12.2 Å². The summed E-state index contributed by atoms with van der Waals surface area (Å²) >= 11 is 0. The number of ketones is 2. The van der Waals surface area contributed by atoms with Gasteiger partial charge in [-0.05, 0) is 47.5 Å². The van der Waals surface area contributed by atoms with Crippen LogP contribution in [0.4, 0.5) is 11.4 Å². The number of hydrogen-bond acceptors (Lipinski definition) is 4. The molecule has 4 heteroatoms. The molecule has 0 aliphatic carbocycles. The molecule has 0 amide bonds. The number of anilines is 2. The number of benzene rings is 2. The third kappa shape index (κ3) is 5.63. The normalized spacial score (nSPS) is 11.1. The number of carbonyl (C=O) groups is 2. The van der Waals surface area contributed by atoms with Gasteiger partial charge in [0, 0.05) is 11.4 Å². The van der Waals surface area contributed by atoms with Gasteiger partial charge in [-0.25, -0.2) is 0 Å². The average Bonchev–Trinajstić information content (AvgIpc) is 2.54. The Bertz CT molecular complexity index is 676. The van der Waals surface area contributed by atoms with E-state index in [2.05, 4.69) is 0 Å². The second-order valence-electron chi connectivity index (χ2n) is 5.11. The van der Waals surface area contributed by atoms with Crippen molar-refractivity contribution in [2.24, 2.45) is 0 Å². The lowest BCUT2D eigenvalue weighted by molar-refractivity contribution is -0.121. The van der Waals surface area contributed by atoms with E-state index in [0.29, 0.717) is 11.4 Å². The molecule has 0 aliphatic heterocycles. The molecule has 0 aliphatic rings. The molecule has 4 N–H and O–H groups in total. The van der Waals surface area contributed by atoms with Gasteiger partial charge in [0.25, 0.3) is 0 Å². The van der Waals surface area contributed by atoms with Crippen LogP contribution in [-0.4, -0.2) is 11.6 Å². The number of nitrogens with two attached hydrogens (primary N) is 2. The second-order valence-corrected chi connectivity index (χ2v) is 5.11. The minimum atomic E-state index is -0.242. The molecule has 0 unspecified atom stereocenters. The molecule has 0 heterocycles. The van der Waals surface area contributed by atoms with Crippen LogP contribution in [0, 0.1) is 0 Å². The maximum atomic E-state index is 11.8. The van der Waals surface area contributed by atoms with E-state index in [1.165, 1.54) is 12.2 Å². The smallest absolute Gasteiger partial charge is 0.163 e. The van der Waals surface area contributed by atoms with Crippen molar-refractivity contribution in [3.8, 4) is 0 Å². The zero-order valence-corrected chi connectivity index (χ0v) is 12.6. The summed E-state index contributed by atoms with van der Waals surface area (Å²) in [5.74, 6) is -0.484. The lowest BCUT2D eigenvalue weighted by Crippen LogP contribution is -2.01. The fourth-order valence-electron chi connectivity index (χ4n) is 1.88. The summed E-state index contributed by atoms with van der Waals surface area (Å²) in [6.07, 6.45) is 5.98. The minimum absolute atomic E-state index is 0.156. The third-order valence-corrected chi connectivity index (χ3v) is 3.14. The van der Waals surface area contributed by atoms with Crippen LogP contribution >= 0.6 is 0 Å². The molecule has 0 saturated heterocycles. The molecular formula is C19H18N2O2.